The molecule has 3 nitrogen and oxygen atoms in total. The van der Waals surface area contributed by atoms with E-state index in [1.54, 1.807) is 11.3 Å². The Balaban J connectivity index is 1.66. The standard InChI is InChI=1S/C16H16ClNO2S/c17-15-4-2-1-3-12(15)9-14-10-18(6-7-20-14)16(19)13-5-8-21-11-13/h1-5,8,11,14H,6-7,9-10H2. The largest absolute Gasteiger partial charge is 0.374 e. The van der Waals surface area contributed by atoms with Crippen LogP contribution < -0.4 is 0 Å². The van der Waals surface area contributed by atoms with Crippen LogP contribution in [0.4, 0.5) is 0 Å². The molecule has 3 rings (SSSR count). The third-order valence-electron chi connectivity index (χ3n) is 3.60. The van der Waals surface area contributed by atoms with Crippen LogP contribution >= 0.6 is 22.9 Å². The van der Waals surface area contributed by atoms with Gasteiger partial charge < -0.3 is 9.64 Å². The van der Waals surface area contributed by atoms with Crippen molar-refractivity contribution in [2.75, 3.05) is 19.7 Å². The van der Waals surface area contributed by atoms with Crippen molar-refractivity contribution < 1.29 is 9.53 Å². The Hall–Kier alpha value is -1.36. The van der Waals surface area contributed by atoms with Crippen molar-refractivity contribution in [1.82, 2.24) is 4.90 Å². The second-order valence-electron chi connectivity index (χ2n) is 5.05. The van der Waals surface area contributed by atoms with E-state index in [4.69, 9.17) is 16.3 Å². The van der Waals surface area contributed by atoms with Gasteiger partial charge in [-0.1, -0.05) is 29.8 Å². The Kier molecular flexibility index (Phi) is 4.58. The monoisotopic (exact) mass is 321 g/mol. The van der Waals surface area contributed by atoms with Crippen molar-refractivity contribution in [2.24, 2.45) is 0 Å². The maximum absolute atomic E-state index is 12.4. The van der Waals surface area contributed by atoms with Crippen molar-refractivity contribution in [3.05, 3.63) is 57.2 Å². The van der Waals surface area contributed by atoms with Gasteiger partial charge in [-0.3, -0.25) is 4.79 Å². The predicted octanol–water partition coefficient (Wildman–Crippen LogP) is 3.49. The van der Waals surface area contributed by atoms with E-state index in [2.05, 4.69) is 0 Å². The summed E-state index contributed by atoms with van der Waals surface area (Å²) in [6.45, 7) is 1.83. The number of nitrogens with zero attached hydrogens (tertiary/aromatic N) is 1. The molecule has 1 saturated heterocycles. The van der Waals surface area contributed by atoms with Gasteiger partial charge in [0, 0.05) is 29.9 Å². The number of benzene rings is 1. The van der Waals surface area contributed by atoms with Gasteiger partial charge in [-0.25, -0.2) is 0 Å². The SMILES string of the molecule is O=C(c1ccsc1)N1CCOC(Cc2ccccc2Cl)C1. The van der Waals surface area contributed by atoms with Crippen molar-refractivity contribution >= 4 is 28.8 Å². The molecule has 0 N–H and O–H groups in total. The van der Waals surface area contributed by atoms with Crippen LogP contribution in [0, 0.1) is 0 Å². The third kappa shape index (κ3) is 3.46. The minimum absolute atomic E-state index is 0.00114. The van der Waals surface area contributed by atoms with E-state index in [0.29, 0.717) is 19.7 Å². The number of amides is 1. The summed E-state index contributed by atoms with van der Waals surface area (Å²) >= 11 is 7.73. The molecule has 0 spiro atoms. The number of thiophene rings is 1. The fraction of sp³-hybridized carbons (Fsp3) is 0.312. The van der Waals surface area contributed by atoms with Gasteiger partial charge in [0.05, 0.1) is 18.3 Å². The topological polar surface area (TPSA) is 29.5 Å². The van der Waals surface area contributed by atoms with Crippen LogP contribution in [-0.4, -0.2) is 36.6 Å². The molecule has 21 heavy (non-hydrogen) atoms. The number of carbonyl (C=O) groups excluding carboxylic acids is 1. The first kappa shape index (κ1) is 14.6. The second-order valence-corrected chi connectivity index (χ2v) is 6.24. The highest BCUT2D eigenvalue weighted by atomic mass is 35.5. The zero-order chi connectivity index (χ0) is 14.7. The van der Waals surface area contributed by atoms with E-state index >= 15 is 0 Å². The summed E-state index contributed by atoms with van der Waals surface area (Å²) in [5.41, 5.74) is 1.83. The van der Waals surface area contributed by atoms with Crippen molar-refractivity contribution in [3.8, 4) is 0 Å². The molecule has 1 aromatic carbocycles. The number of carbonyl (C=O) groups is 1. The van der Waals surface area contributed by atoms with E-state index in [1.165, 1.54) is 0 Å². The normalized spacial score (nSPS) is 18.7. The molecule has 1 aliphatic heterocycles. The Labute approximate surface area is 133 Å². The van der Waals surface area contributed by atoms with Gasteiger partial charge in [0.1, 0.15) is 0 Å². The number of rotatable bonds is 3. The Morgan fingerprint density at radius 2 is 2.24 bits per heavy atom. The average molecular weight is 322 g/mol. The molecule has 0 bridgehead atoms. The maximum Gasteiger partial charge on any atom is 0.254 e. The van der Waals surface area contributed by atoms with Crippen LogP contribution in [0.1, 0.15) is 15.9 Å². The van der Waals surface area contributed by atoms with E-state index in [9.17, 15) is 4.79 Å². The lowest BCUT2D eigenvalue weighted by Gasteiger charge is -2.33. The molecule has 1 fully saturated rings. The van der Waals surface area contributed by atoms with Crippen molar-refractivity contribution in [1.29, 1.82) is 0 Å². The summed E-state index contributed by atoms with van der Waals surface area (Å²) < 4.78 is 5.78. The molecule has 2 aromatic rings. The van der Waals surface area contributed by atoms with Crippen LogP contribution in [-0.2, 0) is 11.2 Å². The molecule has 1 atom stereocenters. The Morgan fingerprint density at radius 3 is 3.00 bits per heavy atom. The number of halogens is 1. The van der Waals surface area contributed by atoms with Crippen molar-refractivity contribution in [3.63, 3.8) is 0 Å². The molecule has 110 valence electrons. The van der Waals surface area contributed by atoms with Gasteiger partial charge >= 0.3 is 0 Å². The van der Waals surface area contributed by atoms with Gasteiger partial charge in [0.25, 0.3) is 5.91 Å². The highest BCUT2D eigenvalue weighted by molar-refractivity contribution is 7.08. The van der Waals surface area contributed by atoms with Crippen LogP contribution in [0.15, 0.2) is 41.1 Å². The van der Waals surface area contributed by atoms with E-state index < -0.39 is 0 Å². The lowest BCUT2D eigenvalue weighted by molar-refractivity contribution is -0.0207. The minimum Gasteiger partial charge on any atom is -0.374 e. The van der Waals surface area contributed by atoms with E-state index in [-0.39, 0.29) is 12.0 Å². The van der Waals surface area contributed by atoms with Gasteiger partial charge in [-0.05, 0) is 23.1 Å². The lowest BCUT2D eigenvalue weighted by atomic mass is 10.1. The zero-order valence-electron chi connectivity index (χ0n) is 11.5. The minimum atomic E-state index is 0.00114. The molecule has 1 amide bonds. The van der Waals surface area contributed by atoms with Gasteiger partial charge in [0.2, 0.25) is 0 Å². The van der Waals surface area contributed by atoms with Crippen molar-refractivity contribution in [2.45, 2.75) is 12.5 Å². The van der Waals surface area contributed by atoms with Gasteiger partial charge in [0.15, 0.2) is 0 Å². The molecule has 1 aromatic heterocycles. The highest BCUT2D eigenvalue weighted by Gasteiger charge is 2.25. The first-order valence-electron chi connectivity index (χ1n) is 6.90. The molecule has 1 aliphatic rings. The fourth-order valence-corrected chi connectivity index (χ4v) is 3.35. The molecule has 0 aliphatic carbocycles. The Bertz CT molecular complexity index is 614. The molecule has 5 heteroatoms. The third-order valence-corrected chi connectivity index (χ3v) is 4.65. The molecule has 1 unspecified atom stereocenters. The fourth-order valence-electron chi connectivity index (χ4n) is 2.51. The summed E-state index contributed by atoms with van der Waals surface area (Å²) in [7, 11) is 0. The molecular weight excluding hydrogens is 306 g/mol. The van der Waals surface area contributed by atoms with Gasteiger partial charge in [-0.15, -0.1) is 0 Å². The number of hydrogen-bond donors (Lipinski definition) is 0. The zero-order valence-corrected chi connectivity index (χ0v) is 13.1. The van der Waals surface area contributed by atoms with E-state index in [0.717, 1.165) is 22.6 Å². The molecule has 0 saturated carbocycles. The van der Waals surface area contributed by atoms with Crippen LogP contribution in [0.25, 0.3) is 0 Å². The maximum atomic E-state index is 12.4. The van der Waals surface area contributed by atoms with Crippen LogP contribution in [0.2, 0.25) is 5.02 Å². The van der Waals surface area contributed by atoms with E-state index in [1.807, 2.05) is 46.0 Å². The highest BCUT2D eigenvalue weighted by Crippen LogP contribution is 2.20. The average Bonchev–Trinajstić information content (AvgIpc) is 3.03. The lowest BCUT2D eigenvalue weighted by Crippen LogP contribution is -2.46. The van der Waals surface area contributed by atoms with Gasteiger partial charge in [-0.2, -0.15) is 11.3 Å². The Morgan fingerprint density at radius 1 is 1.38 bits per heavy atom. The first-order valence-corrected chi connectivity index (χ1v) is 8.22. The molecule has 2 heterocycles. The summed E-state index contributed by atoms with van der Waals surface area (Å²) in [6.07, 6.45) is 0.730. The molecule has 0 radical (unpaired) electrons. The van der Waals surface area contributed by atoms with Crippen LogP contribution in [0.3, 0.4) is 0 Å². The second kappa shape index (κ2) is 6.60. The summed E-state index contributed by atoms with van der Waals surface area (Å²) in [5.74, 6) is 0.0868. The first-order chi connectivity index (χ1) is 10.2. The quantitative estimate of drug-likeness (QED) is 0.866. The number of hydrogen-bond acceptors (Lipinski definition) is 3. The predicted molar refractivity (Wildman–Crippen MR) is 85.1 cm³/mol. The number of morpholine rings is 1. The smallest absolute Gasteiger partial charge is 0.254 e. The number of ether oxygens (including phenoxy) is 1. The van der Waals surface area contributed by atoms with Crippen LogP contribution in [0.5, 0.6) is 0 Å². The molecular formula is C16H16ClNO2S. The summed E-state index contributed by atoms with van der Waals surface area (Å²) in [4.78, 5) is 14.2. The summed E-state index contributed by atoms with van der Waals surface area (Å²) in [6, 6.07) is 9.64. The summed E-state index contributed by atoms with van der Waals surface area (Å²) in [5, 5.41) is 4.57.